The van der Waals surface area contributed by atoms with Crippen LogP contribution in [0.25, 0.3) is 0 Å². The zero-order valence-corrected chi connectivity index (χ0v) is 11.1. The molecule has 2 unspecified atom stereocenters. The summed E-state index contributed by atoms with van der Waals surface area (Å²) in [6.45, 7) is 1.64. The molecule has 1 aromatic rings. The second-order valence-corrected chi connectivity index (χ2v) is 4.52. The maximum absolute atomic E-state index is 11.3. The molecule has 2 atom stereocenters. The first-order valence-corrected chi connectivity index (χ1v) is 5.92. The van der Waals surface area contributed by atoms with Crippen molar-refractivity contribution in [3.8, 4) is 17.2 Å². The Balaban J connectivity index is 2.36. The van der Waals surface area contributed by atoms with E-state index in [0.29, 0.717) is 17.2 Å². The average Bonchev–Trinajstić information content (AvgIpc) is 3.17. The van der Waals surface area contributed by atoms with E-state index in [2.05, 4.69) is 0 Å². The summed E-state index contributed by atoms with van der Waals surface area (Å²) >= 11 is 0. The Labute approximate surface area is 107 Å². The van der Waals surface area contributed by atoms with Gasteiger partial charge in [-0.3, -0.25) is 4.79 Å². The van der Waals surface area contributed by atoms with Gasteiger partial charge in [0.15, 0.2) is 11.5 Å². The highest BCUT2D eigenvalue weighted by molar-refractivity contribution is 5.82. The number of hydrogen-bond acceptors (Lipinski definition) is 4. The topological polar surface area (TPSA) is 44.8 Å². The number of ketones is 1. The molecule has 1 saturated carbocycles. The second kappa shape index (κ2) is 4.88. The minimum Gasteiger partial charge on any atom is -0.493 e. The van der Waals surface area contributed by atoms with Gasteiger partial charge in [0.2, 0.25) is 5.75 Å². The van der Waals surface area contributed by atoms with Crippen LogP contribution in [-0.4, -0.2) is 27.1 Å². The minimum atomic E-state index is 0.146. The summed E-state index contributed by atoms with van der Waals surface area (Å²) in [5.74, 6) is 2.55. The summed E-state index contributed by atoms with van der Waals surface area (Å²) in [5, 5.41) is 0. The third-order valence-corrected chi connectivity index (χ3v) is 3.43. The summed E-state index contributed by atoms with van der Waals surface area (Å²) < 4.78 is 15.9. The summed E-state index contributed by atoms with van der Waals surface area (Å²) in [7, 11) is 4.77. The predicted molar refractivity (Wildman–Crippen MR) is 67.6 cm³/mol. The quantitative estimate of drug-likeness (QED) is 0.805. The van der Waals surface area contributed by atoms with Crippen LogP contribution in [-0.2, 0) is 4.79 Å². The van der Waals surface area contributed by atoms with Gasteiger partial charge < -0.3 is 14.2 Å². The van der Waals surface area contributed by atoms with E-state index in [1.807, 2.05) is 12.1 Å². The minimum absolute atomic E-state index is 0.146. The molecule has 98 valence electrons. The van der Waals surface area contributed by atoms with Crippen molar-refractivity contribution in [3.05, 3.63) is 17.7 Å². The summed E-state index contributed by atoms with van der Waals surface area (Å²) in [6.07, 6.45) is 0.911. The lowest BCUT2D eigenvalue weighted by atomic mass is 10.1. The molecule has 1 aromatic carbocycles. The SMILES string of the molecule is COc1cc(C2CC2C(C)=O)cc(OC)c1OC. The third-order valence-electron chi connectivity index (χ3n) is 3.43. The Bertz CT molecular complexity index is 442. The van der Waals surface area contributed by atoms with E-state index in [0.717, 1.165) is 12.0 Å². The maximum Gasteiger partial charge on any atom is 0.203 e. The van der Waals surface area contributed by atoms with Crippen molar-refractivity contribution in [2.75, 3.05) is 21.3 Å². The lowest BCUT2D eigenvalue weighted by Gasteiger charge is -2.14. The Morgan fingerprint density at radius 1 is 1.11 bits per heavy atom. The van der Waals surface area contributed by atoms with Gasteiger partial charge in [0.1, 0.15) is 5.78 Å². The van der Waals surface area contributed by atoms with Crippen molar-refractivity contribution in [1.82, 2.24) is 0 Å². The van der Waals surface area contributed by atoms with E-state index >= 15 is 0 Å². The van der Waals surface area contributed by atoms with Gasteiger partial charge in [-0.05, 0) is 37.0 Å². The van der Waals surface area contributed by atoms with Crippen molar-refractivity contribution in [2.45, 2.75) is 19.3 Å². The van der Waals surface area contributed by atoms with Crippen molar-refractivity contribution in [1.29, 1.82) is 0 Å². The fourth-order valence-corrected chi connectivity index (χ4v) is 2.33. The highest BCUT2D eigenvalue weighted by atomic mass is 16.5. The van der Waals surface area contributed by atoms with Gasteiger partial charge in [0.25, 0.3) is 0 Å². The molecule has 0 radical (unpaired) electrons. The number of benzene rings is 1. The lowest BCUT2D eigenvalue weighted by molar-refractivity contribution is -0.118. The van der Waals surface area contributed by atoms with E-state index in [4.69, 9.17) is 14.2 Å². The van der Waals surface area contributed by atoms with E-state index in [-0.39, 0.29) is 17.6 Å². The number of Topliss-reactive ketones (excluding diaryl/α,β-unsaturated/α-hetero) is 1. The van der Waals surface area contributed by atoms with Gasteiger partial charge in [-0.15, -0.1) is 0 Å². The number of methoxy groups -OCH3 is 3. The molecular formula is C14H18O4. The fraction of sp³-hybridized carbons (Fsp3) is 0.500. The van der Waals surface area contributed by atoms with E-state index in [1.165, 1.54) is 0 Å². The van der Waals surface area contributed by atoms with Crippen LogP contribution in [0.3, 0.4) is 0 Å². The molecule has 0 heterocycles. The van der Waals surface area contributed by atoms with Gasteiger partial charge in [0, 0.05) is 5.92 Å². The molecule has 4 nitrogen and oxygen atoms in total. The molecule has 1 aliphatic rings. The molecular weight excluding hydrogens is 232 g/mol. The van der Waals surface area contributed by atoms with Crippen molar-refractivity contribution in [3.63, 3.8) is 0 Å². The molecule has 0 amide bonds. The first-order valence-electron chi connectivity index (χ1n) is 5.92. The Morgan fingerprint density at radius 3 is 2.00 bits per heavy atom. The van der Waals surface area contributed by atoms with Crippen LogP contribution < -0.4 is 14.2 Å². The Morgan fingerprint density at radius 2 is 1.67 bits per heavy atom. The molecule has 0 aromatic heterocycles. The molecule has 0 saturated heterocycles. The number of carbonyl (C=O) groups excluding carboxylic acids is 1. The van der Waals surface area contributed by atoms with E-state index in [1.54, 1.807) is 28.3 Å². The number of ether oxygens (including phenoxy) is 3. The monoisotopic (exact) mass is 250 g/mol. The molecule has 2 rings (SSSR count). The van der Waals surface area contributed by atoms with Crippen LogP contribution in [0, 0.1) is 5.92 Å². The van der Waals surface area contributed by atoms with Gasteiger partial charge in [-0.25, -0.2) is 0 Å². The first-order chi connectivity index (χ1) is 8.62. The van der Waals surface area contributed by atoms with Crippen molar-refractivity contribution in [2.24, 2.45) is 5.92 Å². The highest BCUT2D eigenvalue weighted by Gasteiger charge is 2.42. The first kappa shape index (κ1) is 12.7. The summed E-state index contributed by atoms with van der Waals surface area (Å²) in [4.78, 5) is 11.3. The molecule has 0 spiro atoms. The molecule has 1 fully saturated rings. The average molecular weight is 250 g/mol. The smallest absolute Gasteiger partial charge is 0.203 e. The molecule has 18 heavy (non-hydrogen) atoms. The van der Waals surface area contributed by atoms with Crippen LogP contribution in [0.4, 0.5) is 0 Å². The largest absolute Gasteiger partial charge is 0.493 e. The van der Waals surface area contributed by atoms with E-state index in [9.17, 15) is 4.79 Å². The number of carbonyl (C=O) groups is 1. The predicted octanol–water partition coefficient (Wildman–Crippen LogP) is 2.40. The van der Waals surface area contributed by atoms with Gasteiger partial charge in [-0.2, -0.15) is 0 Å². The van der Waals surface area contributed by atoms with Gasteiger partial charge in [0.05, 0.1) is 21.3 Å². The maximum atomic E-state index is 11.3. The molecule has 0 N–H and O–H groups in total. The molecule has 0 bridgehead atoms. The molecule has 0 aliphatic heterocycles. The Hall–Kier alpha value is -1.71. The number of hydrogen-bond donors (Lipinski definition) is 0. The van der Waals surface area contributed by atoms with Crippen LogP contribution >= 0.6 is 0 Å². The van der Waals surface area contributed by atoms with Gasteiger partial charge in [-0.1, -0.05) is 0 Å². The molecule has 1 aliphatic carbocycles. The Kier molecular flexibility index (Phi) is 3.45. The highest BCUT2D eigenvalue weighted by Crippen LogP contribution is 2.51. The van der Waals surface area contributed by atoms with Crippen LogP contribution in [0.5, 0.6) is 17.2 Å². The number of rotatable bonds is 5. The fourth-order valence-electron chi connectivity index (χ4n) is 2.33. The van der Waals surface area contributed by atoms with Crippen molar-refractivity contribution < 1.29 is 19.0 Å². The lowest BCUT2D eigenvalue weighted by Crippen LogP contribution is -1.98. The van der Waals surface area contributed by atoms with E-state index < -0.39 is 0 Å². The van der Waals surface area contributed by atoms with Crippen molar-refractivity contribution >= 4 is 5.78 Å². The second-order valence-electron chi connectivity index (χ2n) is 4.52. The standard InChI is InChI=1S/C14H18O4/c1-8(15)10-7-11(10)9-5-12(16-2)14(18-4)13(6-9)17-3/h5-6,10-11H,7H2,1-4H3. The zero-order chi connectivity index (χ0) is 13.3. The third kappa shape index (κ3) is 2.15. The van der Waals surface area contributed by atoms with Crippen LogP contribution in [0.2, 0.25) is 0 Å². The normalized spacial score (nSPS) is 21.3. The molecule has 4 heteroatoms. The summed E-state index contributed by atoms with van der Waals surface area (Å²) in [6, 6.07) is 3.85. The van der Waals surface area contributed by atoms with Crippen LogP contribution in [0.1, 0.15) is 24.8 Å². The van der Waals surface area contributed by atoms with Gasteiger partial charge >= 0.3 is 0 Å². The zero-order valence-electron chi connectivity index (χ0n) is 11.1. The summed E-state index contributed by atoms with van der Waals surface area (Å²) in [5.41, 5.74) is 1.07. The van der Waals surface area contributed by atoms with Crippen LogP contribution in [0.15, 0.2) is 12.1 Å².